The molecule has 1 aromatic carbocycles. The standard InChI is InChI=1S/C15H16N4O4/c20-13-6-2-1-4-11(13)8-18-19-14(21)10-17-15(22)16-9-12-5-3-7-23-12/h1-8,20H,9-10H2,(H,19,21)(H2,16,17,22). The fourth-order valence-electron chi connectivity index (χ4n) is 1.61. The van der Waals surface area contributed by atoms with Crippen LogP contribution < -0.4 is 16.1 Å². The molecule has 0 unspecified atom stereocenters. The van der Waals surface area contributed by atoms with Crippen molar-refractivity contribution in [3.05, 3.63) is 54.0 Å². The van der Waals surface area contributed by atoms with Crippen LogP contribution in [0.2, 0.25) is 0 Å². The van der Waals surface area contributed by atoms with Crippen molar-refractivity contribution in [2.24, 2.45) is 5.10 Å². The van der Waals surface area contributed by atoms with Crippen LogP contribution in [0.5, 0.6) is 5.75 Å². The van der Waals surface area contributed by atoms with Crippen molar-refractivity contribution in [3.63, 3.8) is 0 Å². The molecule has 0 atom stereocenters. The number of carbonyl (C=O) groups excluding carboxylic acids is 2. The lowest BCUT2D eigenvalue weighted by Gasteiger charge is -2.05. The summed E-state index contributed by atoms with van der Waals surface area (Å²) in [7, 11) is 0. The van der Waals surface area contributed by atoms with Crippen LogP contribution >= 0.6 is 0 Å². The Balaban J connectivity index is 1.66. The molecule has 23 heavy (non-hydrogen) atoms. The number of amides is 3. The second-order valence-electron chi connectivity index (χ2n) is 4.47. The molecule has 120 valence electrons. The molecule has 0 aliphatic carbocycles. The second kappa shape index (κ2) is 8.23. The minimum absolute atomic E-state index is 0.0564. The van der Waals surface area contributed by atoms with E-state index in [1.165, 1.54) is 18.5 Å². The Hall–Kier alpha value is -3.29. The number of rotatable bonds is 6. The van der Waals surface area contributed by atoms with Gasteiger partial charge in [-0.15, -0.1) is 0 Å². The highest BCUT2D eigenvalue weighted by atomic mass is 16.3. The Bertz CT molecular complexity index is 683. The molecule has 0 saturated carbocycles. The normalized spacial score (nSPS) is 10.4. The average Bonchev–Trinajstić information content (AvgIpc) is 3.06. The molecule has 4 N–H and O–H groups in total. The number of hydrogen-bond acceptors (Lipinski definition) is 5. The van der Waals surface area contributed by atoms with E-state index < -0.39 is 11.9 Å². The van der Waals surface area contributed by atoms with E-state index in [4.69, 9.17) is 4.42 Å². The molecule has 8 heteroatoms. The van der Waals surface area contributed by atoms with E-state index in [0.29, 0.717) is 11.3 Å². The zero-order valence-corrected chi connectivity index (χ0v) is 12.2. The quantitative estimate of drug-likeness (QED) is 0.468. The molecular weight excluding hydrogens is 300 g/mol. The summed E-state index contributed by atoms with van der Waals surface area (Å²) in [5.74, 6) is 0.169. The van der Waals surface area contributed by atoms with E-state index in [9.17, 15) is 14.7 Å². The van der Waals surface area contributed by atoms with Crippen LogP contribution in [0, 0.1) is 0 Å². The monoisotopic (exact) mass is 316 g/mol. The smallest absolute Gasteiger partial charge is 0.315 e. The minimum atomic E-state index is -0.499. The number of aromatic hydroxyl groups is 1. The third kappa shape index (κ3) is 5.54. The number of carbonyl (C=O) groups is 2. The first-order valence-electron chi connectivity index (χ1n) is 6.79. The molecule has 1 heterocycles. The van der Waals surface area contributed by atoms with Crippen LogP contribution in [0.25, 0.3) is 0 Å². The van der Waals surface area contributed by atoms with Gasteiger partial charge in [-0.25, -0.2) is 10.2 Å². The molecule has 3 amide bonds. The van der Waals surface area contributed by atoms with Gasteiger partial charge in [0, 0.05) is 5.56 Å². The predicted molar refractivity (Wildman–Crippen MR) is 82.8 cm³/mol. The topological polar surface area (TPSA) is 116 Å². The third-order valence-electron chi connectivity index (χ3n) is 2.74. The van der Waals surface area contributed by atoms with Crippen molar-refractivity contribution in [3.8, 4) is 5.75 Å². The number of nitrogens with zero attached hydrogens (tertiary/aromatic N) is 1. The van der Waals surface area contributed by atoms with Gasteiger partial charge in [-0.05, 0) is 24.3 Å². The fraction of sp³-hybridized carbons (Fsp3) is 0.133. The van der Waals surface area contributed by atoms with Gasteiger partial charge in [0.2, 0.25) is 0 Å². The number of phenols is 1. The van der Waals surface area contributed by atoms with E-state index in [0.717, 1.165) is 0 Å². The van der Waals surface area contributed by atoms with E-state index in [-0.39, 0.29) is 18.8 Å². The highest BCUT2D eigenvalue weighted by Gasteiger charge is 2.05. The molecule has 2 aromatic rings. The number of furan rings is 1. The van der Waals surface area contributed by atoms with Crippen LogP contribution in [0.1, 0.15) is 11.3 Å². The number of nitrogens with one attached hydrogen (secondary N) is 3. The summed E-state index contributed by atoms with van der Waals surface area (Å²) in [5, 5.41) is 18.1. The summed E-state index contributed by atoms with van der Waals surface area (Å²) >= 11 is 0. The molecule has 0 radical (unpaired) electrons. The van der Waals surface area contributed by atoms with Crippen molar-refractivity contribution < 1.29 is 19.1 Å². The van der Waals surface area contributed by atoms with Gasteiger partial charge >= 0.3 is 6.03 Å². The van der Waals surface area contributed by atoms with Gasteiger partial charge in [0.1, 0.15) is 18.1 Å². The first kappa shape index (κ1) is 16.1. The summed E-state index contributed by atoms with van der Waals surface area (Å²) in [5.41, 5.74) is 2.71. The summed E-state index contributed by atoms with van der Waals surface area (Å²) in [6, 6.07) is 9.50. The Kier molecular flexibility index (Phi) is 5.75. The summed E-state index contributed by atoms with van der Waals surface area (Å²) in [6.45, 7) is -0.00596. The van der Waals surface area contributed by atoms with Crippen molar-refractivity contribution in [2.45, 2.75) is 6.54 Å². The first-order valence-corrected chi connectivity index (χ1v) is 6.79. The van der Waals surface area contributed by atoms with Gasteiger partial charge in [0.25, 0.3) is 5.91 Å². The molecule has 0 bridgehead atoms. The van der Waals surface area contributed by atoms with E-state index in [2.05, 4.69) is 21.2 Å². The molecule has 0 aliphatic heterocycles. The van der Waals surface area contributed by atoms with Crippen LogP contribution in [-0.2, 0) is 11.3 Å². The predicted octanol–water partition coefficient (Wildman–Crippen LogP) is 0.935. The second-order valence-corrected chi connectivity index (χ2v) is 4.47. The molecule has 0 spiro atoms. The first-order chi connectivity index (χ1) is 11.1. The van der Waals surface area contributed by atoms with Crippen molar-refractivity contribution in [1.29, 1.82) is 0 Å². The largest absolute Gasteiger partial charge is 0.507 e. The summed E-state index contributed by atoms with van der Waals surface area (Å²) in [6.07, 6.45) is 2.81. The van der Waals surface area contributed by atoms with E-state index in [1.807, 2.05) is 0 Å². The Morgan fingerprint density at radius 1 is 1.17 bits per heavy atom. The van der Waals surface area contributed by atoms with Gasteiger partial charge in [0.05, 0.1) is 19.0 Å². The van der Waals surface area contributed by atoms with Crippen LogP contribution in [0.4, 0.5) is 4.79 Å². The molecule has 8 nitrogen and oxygen atoms in total. The Labute approximate surface area is 132 Å². The van der Waals surface area contributed by atoms with Gasteiger partial charge < -0.3 is 20.2 Å². The Morgan fingerprint density at radius 3 is 2.74 bits per heavy atom. The molecule has 2 rings (SSSR count). The summed E-state index contributed by atoms with van der Waals surface area (Å²) < 4.78 is 5.05. The number of phenolic OH excluding ortho intramolecular Hbond substituents is 1. The van der Waals surface area contributed by atoms with Crippen LogP contribution in [0.15, 0.2) is 52.2 Å². The van der Waals surface area contributed by atoms with Gasteiger partial charge in [-0.1, -0.05) is 12.1 Å². The maximum atomic E-state index is 11.5. The van der Waals surface area contributed by atoms with Crippen LogP contribution in [0.3, 0.4) is 0 Å². The van der Waals surface area contributed by atoms with Crippen molar-refractivity contribution in [2.75, 3.05) is 6.54 Å². The molecular formula is C15H16N4O4. The zero-order chi connectivity index (χ0) is 16.5. The number of benzene rings is 1. The number of urea groups is 1. The van der Waals surface area contributed by atoms with Crippen molar-refractivity contribution >= 4 is 18.2 Å². The minimum Gasteiger partial charge on any atom is -0.507 e. The molecule has 0 fully saturated rings. The van der Waals surface area contributed by atoms with E-state index in [1.54, 1.807) is 30.3 Å². The number of hydrazone groups is 1. The highest BCUT2D eigenvalue weighted by Crippen LogP contribution is 2.12. The lowest BCUT2D eigenvalue weighted by atomic mass is 10.2. The molecule has 1 aromatic heterocycles. The number of para-hydroxylation sites is 1. The van der Waals surface area contributed by atoms with Gasteiger partial charge in [0.15, 0.2) is 0 Å². The maximum absolute atomic E-state index is 11.5. The zero-order valence-electron chi connectivity index (χ0n) is 12.2. The number of hydrogen-bond donors (Lipinski definition) is 4. The molecule has 0 saturated heterocycles. The fourth-order valence-corrected chi connectivity index (χ4v) is 1.61. The van der Waals surface area contributed by atoms with Gasteiger partial charge in [-0.3, -0.25) is 4.79 Å². The average molecular weight is 316 g/mol. The molecule has 0 aliphatic rings. The van der Waals surface area contributed by atoms with Crippen LogP contribution in [-0.4, -0.2) is 29.8 Å². The Morgan fingerprint density at radius 2 is 2.00 bits per heavy atom. The lowest BCUT2D eigenvalue weighted by Crippen LogP contribution is -2.40. The summed E-state index contributed by atoms with van der Waals surface area (Å²) in [4.78, 5) is 23.0. The highest BCUT2D eigenvalue weighted by molar-refractivity contribution is 5.86. The van der Waals surface area contributed by atoms with Crippen molar-refractivity contribution in [1.82, 2.24) is 16.1 Å². The maximum Gasteiger partial charge on any atom is 0.315 e. The lowest BCUT2D eigenvalue weighted by molar-refractivity contribution is -0.120. The third-order valence-corrected chi connectivity index (χ3v) is 2.74. The van der Waals surface area contributed by atoms with E-state index >= 15 is 0 Å². The van der Waals surface area contributed by atoms with Gasteiger partial charge in [-0.2, -0.15) is 5.10 Å². The SMILES string of the molecule is O=C(CNC(=O)NCc1ccco1)NN=Cc1ccccc1O.